The highest BCUT2D eigenvalue weighted by molar-refractivity contribution is 6.00. The molecule has 2 aromatic carbocycles. The molecule has 1 aromatic heterocycles. The maximum Gasteiger partial charge on any atom is 0.251 e. The van der Waals surface area contributed by atoms with Gasteiger partial charge in [0, 0.05) is 23.4 Å². The van der Waals surface area contributed by atoms with Gasteiger partial charge >= 0.3 is 0 Å². The van der Waals surface area contributed by atoms with Crippen LogP contribution in [0.2, 0.25) is 0 Å². The lowest BCUT2D eigenvalue weighted by Crippen LogP contribution is -2.52. The Kier molecular flexibility index (Phi) is 7.74. The van der Waals surface area contributed by atoms with Gasteiger partial charge in [-0.05, 0) is 43.5 Å². The number of aromatic nitrogens is 4. The number of nitrogens with zero attached hydrogens (tertiary/aromatic N) is 5. The van der Waals surface area contributed by atoms with Crippen molar-refractivity contribution >= 4 is 17.5 Å². The summed E-state index contributed by atoms with van der Waals surface area (Å²) in [7, 11) is 1.57. The average Bonchev–Trinajstić information content (AvgIpc) is 3.55. The van der Waals surface area contributed by atoms with E-state index < -0.39 is 6.04 Å². The van der Waals surface area contributed by atoms with Crippen LogP contribution in [0.5, 0.6) is 5.75 Å². The molecule has 1 aliphatic rings. The van der Waals surface area contributed by atoms with Crippen molar-refractivity contribution in [3.8, 4) is 17.1 Å². The zero-order chi connectivity index (χ0) is 24.8. The lowest BCUT2D eigenvalue weighted by Gasteiger charge is -2.31. The first-order valence-corrected chi connectivity index (χ1v) is 12.1. The minimum absolute atomic E-state index is 0.150. The Bertz CT molecular complexity index is 1150. The van der Waals surface area contributed by atoms with Gasteiger partial charge < -0.3 is 10.1 Å². The van der Waals surface area contributed by atoms with Crippen LogP contribution in [0.3, 0.4) is 0 Å². The largest absolute Gasteiger partial charge is 0.497 e. The number of carbonyl (C=O) groups is 2. The van der Waals surface area contributed by atoms with Gasteiger partial charge in [0.15, 0.2) is 0 Å². The van der Waals surface area contributed by atoms with Crippen LogP contribution in [0, 0.1) is 6.92 Å². The Labute approximate surface area is 205 Å². The normalized spacial score (nSPS) is 14.5. The quantitative estimate of drug-likeness (QED) is 0.507. The summed E-state index contributed by atoms with van der Waals surface area (Å²) >= 11 is 0. The van der Waals surface area contributed by atoms with Gasteiger partial charge in [-0.2, -0.15) is 4.80 Å². The lowest BCUT2D eigenvalue weighted by atomic mass is 10.1. The van der Waals surface area contributed by atoms with E-state index >= 15 is 0 Å². The molecule has 0 bridgehead atoms. The molecule has 35 heavy (non-hydrogen) atoms. The third-order valence-electron chi connectivity index (χ3n) is 6.34. The third-order valence-corrected chi connectivity index (χ3v) is 6.34. The molecule has 1 aliphatic carbocycles. The number of amides is 2. The van der Waals surface area contributed by atoms with Crippen molar-refractivity contribution in [1.82, 2.24) is 25.5 Å². The Balaban J connectivity index is 1.59. The van der Waals surface area contributed by atoms with Crippen LogP contribution in [0.1, 0.15) is 44.6 Å². The van der Waals surface area contributed by atoms with Gasteiger partial charge in [-0.15, -0.1) is 10.2 Å². The van der Waals surface area contributed by atoms with Crippen LogP contribution in [0.25, 0.3) is 11.4 Å². The number of ether oxygens (including phenoxy) is 1. The van der Waals surface area contributed by atoms with E-state index in [4.69, 9.17) is 4.74 Å². The first kappa shape index (κ1) is 24.4. The van der Waals surface area contributed by atoms with Gasteiger partial charge in [0.25, 0.3) is 5.91 Å². The molecule has 4 rings (SSSR count). The van der Waals surface area contributed by atoms with Crippen LogP contribution in [0.4, 0.5) is 5.69 Å². The van der Waals surface area contributed by atoms with Crippen molar-refractivity contribution in [1.29, 1.82) is 0 Å². The number of hydrogen-bond donors (Lipinski definition) is 1. The van der Waals surface area contributed by atoms with Crippen LogP contribution in [0.15, 0.2) is 48.5 Å². The Morgan fingerprint density at radius 3 is 2.60 bits per heavy atom. The first-order valence-electron chi connectivity index (χ1n) is 12.1. The molecule has 0 unspecified atom stereocenters. The monoisotopic (exact) mass is 476 g/mol. The van der Waals surface area contributed by atoms with Crippen LogP contribution in [-0.2, 0) is 16.1 Å². The Morgan fingerprint density at radius 1 is 1.17 bits per heavy atom. The molecule has 1 heterocycles. The number of methoxy groups -OCH3 is 1. The fraction of sp³-hybridized carbons (Fsp3) is 0.423. The van der Waals surface area contributed by atoms with E-state index in [1.807, 2.05) is 38.1 Å². The highest BCUT2D eigenvalue weighted by Crippen LogP contribution is 2.26. The summed E-state index contributed by atoms with van der Waals surface area (Å²) in [5, 5.41) is 15.7. The van der Waals surface area contributed by atoms with Gasteiger partial charge in [0.1, 0.15) is 18.3 Å². The molecule has 1 atom stereocenters. The number of nitrogens with one attached hydrogen (secondary N) is 1. The maximum atomic E-state index is 13.6. The maximum absolute atomic E-state index is 13.6. The predicted octanol–water partition coefficient (Wildman–Crippen LogP) is 3.53. The topological polar surface area (TPSA) is 102 Å². The van der Waals surface area contributed by atoms with Crippen molar-refractivity contribution in [3.63, 3.8) is 0 Å². The van der Waals surface area contributed by atoms with Gasteiger partial charge in [0.2, 0.25) is 11.7 Å². The van der Waals surface area contributed by atoms with Crippen molar-refractivity contribution in [2.45, 2.75) is 64.6 Å². The molecule has 0 radical (unpaired) electrons. The molecule has 1 N–H and O–H groups in total. The zero-order valence-electron chi connectivity index (χ0n) is 20.5. The molecule has 0 aliphatic heterocycles. The molecule has 2 amide bonds. The smallest absolute Gasteiger partial charge is 0.251 e. The van der Waals surface area contributed by atoms with Crippen LogP contribution < -0.4 is 15.0 Å². The first-order chi connectivity index (χ1) is 17.0. The number of anilines is 1. The van der Waals surface area contributed by atoms with Gasteiger partial charge in [-0.25, -0.2) is 0 Å². The Morgan fingerprint density at radius 2 is 1.91 bits per heavy atom. The number of rotatable bonds is 9. The number of carbonyl (C=O) groups excluding carboxylic acids is 2. The molecule has 3 aromatic rings. The third kappa shape index (κ3) is 5.85. The second-order valence-corrected chi connectivity index (χ2v) is 8.89. The molecule has 9 heteroatoms. The van der Waals surface area contributed by atoms with Crippen molar-refractivity contribution in [2.75, 3.05) is 12.0 Å². The van der Waals surface area contributed by atoms with Crippen molar-refractivity contribution < 1.29 is 14.3 Å². The second-order valence-electron chi connectivity index (χ2n) is 8.89. The molecule has 0 spiro atoms. The summed E-state index contributed by atoms with van der Waals surface area (Å²) in [5.74, 6) is 0.589. The fourth-order valence-electron chi connectivity index (χ4n) is 4.44. The molecule has 9 nitrogen and oxygen atoms in total. The molecule has 1 fully saturated rings. The van der Waals surface area contributed by atoms with E-state index in [1.54, 1.807) is 31.4 Å². The minimum Gasteiger partial charge on any atom is -0.497 e. The fourth-order valence-corrected chi connectivity index (χ4v) is 4.44. The summed E-state index contributed by atoms with van der Waals surface area (Å²) in [6, 6.07) is 14.4. The summed E-state index contributed by atoms with van der Waals surface area (Å²) < 4.78 is 5.37. The Hall–Kier alpha value is -3.75. The summed E-state index contributed by atoms with van der Waals surface area (Å²) in [5.41, 5.74) is 2.54. The number of hydrogen-bond acceptors (Lipinski definition) is 6. The highest BCUT2D eigenvalue weighted by Gasteiger charge is 2.32. The molecule has 1 saturated carbocycles. The number of aryl methyl sites for hydroxylation is 1. The SMILES string of the molecule is CC[C@@H](C(=O)NC1CCCC1)N(C(=O)Cn1nnc(-c2ccc(C)cc2)n1)c1cccc(OC)c1. The minimum atomic E-state index is -0.671. The van der Waals surface area contributed by atoms with E-state index in [-0.39, 0.29) is 24.4 Å². The molecule has 0 saturated heterocycles. The van der Waals surface area contributed by atoms with E-state index in [1.165, 1.54) is 9.70 Å². The van der Waals surface area contributed by atoms with Crippen molar-refractivity contribution in [2.24, 2.45) is 0 Å². The van der Waals surface area contributed by atoms with Gasteiger partial charge in [0.05, 0.1) is 7.11 Å². The van der Waals surface area contributed by atoms with E-state index in [0.29, 0.717) is 23.7 Å². The average molecular weight is 477 g/mol. The summed E-state index contributed by atoms with van der Waals surface area (Å²) in [6.07, 6.45) is 4.63. The summed E-state index contributed by atoms with van der Waals surface area (Å²) in [4.78, 5) is 29.7. The summed E-state index contributed by atoms with van der Waals surface area (Å²) in [6.45, 7) is 3.76. The van der Waals surface area contributed by atoms with E-state index in [0.717, 1.165) is 36.8 Å². The second kappa shape index (κ2) is 11.1. The molecular weight excluding hydrogens is 444 g/mol. The van der Waals surface area contributed by atoms with Gasteiger partial charge in [-0.3, -0.25) is 14.5 Å². The van der Waals surface area contributed by atoms with Crippen LogP contribution >= 0.6 is 0 Å². The number of tetrazole rings is 1. The van der Waals surface area contributed by atoms with Gasteiger partial charge in [-0.1, -0.05) is 55.7 Å². The highest BCUT2D eigenvalue weighted by atomic mass is 16.5. The lowest BCUT2D eigenvalue weighted by molar-refractivity contribution is -0.127. The predicted molar refractivity (Wildman–Crippen MR) is 133 cm³/mol. The van der Waals surface area contributed by atoms with E-state index in [2.05, 4.69) is 20.7 Å². The molecule has 184 valence electrons. The zero-order valence-corrected chi connectivity index (χ0v) is 20.5. The van der Waals surface area contributed by atoms with E-state index in [9.17, 15) is 9.59 Å². The molecular formula is C26H32N6O3. The van der Waals surface area contributed by atoms with Crippen LogP contribution in [-0.4, -0.2) is 51.2 Å². The van der Waals surface area contributed by atoms with Crippen molar-refractivity contribution in [3.05, 3.63) is 54.1 Å². The standard InChI is InChI=1S/C26H32N6O3/c1-4-23(26(34)27-20-8-5-6-9-20)32(21-10-7-11-22(16-21)35-3)24(33)17-31-29-25(28-30-31)19-14-12-18(2)13-15-19/h7,10-16,20,23H,4-6,8-9,17H2,1-3H3,(H,27,34)/t23-/m0/s1. The number of benzene rings is 2.